The molecular weight excluding hydrogens is 202 g/mol. The summed E-state index contributed by atoms with van der Waals surface area (Å²) in [5.74, 6) is 0.238. The largest absolute Gasteiger partial charge is 0.378 e. The first-order valence-electron chi connectivity index (χ1n) is 6.67. The lowest BCUT2D eigenvalue weighted by atomic mass is 10.3. The molecule has 0 unspecified atom stereocenters. The van der Waals surface area contributed by atoms with Crippen molar-refractivity contribution in [2.45, 2.75) is 58.5 Å². The van der Waals surface area contributed by atoms with Crippen molar-refractivity contribution < 1.29 is 9.53 Å². The maximum Gasteiger partial charge on any atom is 0.224 e. The molecule has 0 radical (unpaired) electrons. The normalized spacial score (nSPS) is 16.6. The molecule has 0 aromatic rings. The summed E-state index contributed by atoms with van der Waals surface area (Å²) in [5.41, 5.74) is 0. The molecule has 0 bridgehead atoms. The topological polar surface area (TPSA) is 29.5 Å². The third kappa shape index (κ3) is 4.52. The molecule has 1 amide bonds. The number of carbonyl (C=O) groups excluding carboxylic acids is 1. The number of carbonyl (C=O) groups is 1. The van der Waals surface area contributed by atoms with Crippen molar-refractivity contribution in [2.75, 3.05) is 19.7 Å². The second-order valence-corrected chi connectivity index (χ2v) is 4.50. The van der Waals surface area contributed by atoms with Gasteiger partial charge in [-0.05, 0) is 26.2 Å². The van der Waals surface area contributed by atoms with E-state index in [1.807, 2.05) is 11.8 Å². The molecule has 1 aliphatic rings. The summed E-state index contributed by atoms with van der Waals surface area (Å²) < 4.78 is 5.70. The lowest BCUT2D eigenvalue weighted by molar-refractivity contribution is -0.132. The standard InChI is InChI=1S/C13H25NO2/c1-3-10-14(4-2)13(15)9-11-16-12-7-5-6-8-12/h12H,3-11H2,1-2H3. The van der Waals surface area contributed by atoms with E-state index in [4.69, 9.17) is 4.74 Å². The first-order chi connectivity index (χ1) is 7.77. The zero-order valence-corrected chi connectivity index (χ0v) is 10.7. The molecule has 1 aliphatic carbocycles. The van der Waals surface area contributed by atoms with Crippen LogP contribution in [0, 0.1) is 0 Å². The van der Waals surface area contributed by atoms with Gasteiger partial charge in [-0.1, -0.05) is 19.8 Å². The fourth-order valence-electron chi connectivity index (χ4n) is 2.26. The average molecular weight is 227 g/mol. The summed E-state index contributed by atoms with van der Waals surface area (Å²) in [4.78, 5) is 13.7. The fraction of sp³-hybridized carbons (Fsp3) is 0.923. The van der Waals surface area contributed by atoms with Crippen LogP contribution >= 0.6 is 0 Å². The smallest absolute Gasteiger partial charge is 0.224 e. The highest BCUT2D eigenvalue weighted by atomic mass is 16.5. The second kappa shape index (κ2) is 7.66. The SMILES string of the molecule is CCCN(CC)C(=O)CCOC1CCCC1. The molecule has 3 heteroatoms. The van der Waals surface area contributed by atoms with Gasteiger partial charge in [-0.3, -0.25) is 4.79 Å². The lowest BCUT2D eigenvalue weighted by Gasteiger charge is -2.20. The molecule has 1 rings (SSSR count). The molecule has 0 aliphatic heterocycles. The minimum atomic E-state index is 0.238. The number of nitrogens with zero attached hydrogens (tertiary/aromatic N) is 1. The zero-order valence-electron chi connectivity index (χ0n) is 10.7. The number of ether oxygens (including phenoxy) is 1. The van der Waals surface area contributed by atoms with E-state index in [1.54, 1.807) is 0 Å². The van der Waals surface area contributed by atoms with E-state index >= 15 is 0 Å². The molecule has 16 heavy (non-hydrogen) atoms. The van der Waals surface area contributed by atoms with Crippen LogP contribution in [0.1, 0.15) is 52.4 Å². The molecule has 94 valence electrons. The third-order valence-electron chi connectivity index (χ3n) is 3.20. The van der Waals surface area contributed by atoms with Gasteiger partial charge in [0, 0.05) is 13.1 Å². The van der Waals surface area contributed by atoms with E-state index in [0.29, 0.717) is 19.1 Å². The molecule has 0 N–H and O–H groups in total. The van der Waals surface area contributed by atoms with E-state index in [2.05, 4.69) is 6.92 Å². The summed E-state index contributed by atoms with van der Waals surface area (Å²) >= 11 is 0. The number of rotatable bonds is 7. The maximum atomic E-state index is 11.8. The van der Waals surface area contributed by atoms with E-state index in [1.165, 1.54) is 25.7 Å². The summed E-state index contributed by atoms with van der Waals surface area (Å²) in [6, 6.07) is 0. The Bertz CT molecular complexity index is 200. The van der Waals surface area contributed by atoms with E-state index < -0.39 is 0 Å². The second-order valence-electron chi connectivity index (χ2n) is 4.50. The van der Waals surface area contributed by atoms with Crippen LogP contribution in [0.4, 0.5) is 0 Å². The average Bonchev–Trinajstić information content (AvgIpc) is 2.78. The molecule has 0 saturated heterocycles. The maximum absolute atomic E-state index is 11.8. The van der Waals surface area contributed by atoms with E-state index in [0.717, 1.165) is 19.5 Å². The predicted octanol–water partition coefficient (Wildman–Crippen LogP) is 2.59. The van der Waals surface area contributed by atoms with Gasteiger partial charge in [-0.15, -0.1) is 0 Å². The van der Waals surface area contributed by atoms with Gasteiger partial charge in [0.15, 0.2) is 0 Å². The van der Waals surface area contributed by atoms with Crippen LogP contribution in [-0.2, 0) is 9.53 Å². The summed E-state index contributed by atoms with van der Waals surface area (Å²) in [7, 11) is 0. The van der Waals surface area contributed by atoms with Crippen molar-refractivity contribution >= 4 is 5.91 Å². The third-order valence-corrected chi connectivity index (χ3v) is 3.20. The quantitative estimate of drug-likeness (QED) is 0.669. The van der Waals surface area contributed by atoms with Gasteiger partial charge >= 0.3 is 0 Å². The van der Waals surface area contributed by atoms with Gasteiger partial charge in [0.25, 0.3) is 0 Å². The molecule has 1 saturated carbocycles. The van der Waals surface area contributed by atoms with Crippen molar-refractivity contribution in [2.24, 2.45) is 0 Å². The first-order valence-corrected chi connectivity index (χ1v) is 6.67. The predicted molar refractivity (Wildman–Crippen MR) is 65.4 cm³/mol. The first kappa shape index (κ1) is 13.5. The molecule has 0 aromatic heterocycles. The Kier molecular flexibility index (Phi) is 6.46. The van der Waals surface area contributed by atoms with Crippen molar-refractivity contribution in [3.8, 4) is 0 Å². The highest BCUT2D eigenvalue weighted by Gasteiger charge is 2.16. The Morgan fingerprint density at radius 1 is 1.31 bits per heavy atom. The van der Waals surface area contributed by atoms with E-state index in [9.17, 15) is 4.79 Å². The van der Waals surface area contributed by atoms with Gasteiger partial charge in [-0.25, -0.2) is 0 Å². The van der Waals surface area contributed by atoms with Gasteiger partial charge in [-0.2, -0.15) is 0 Å². The van der Waals surface area contributed by atoms with Gasteiger partial charge in [0.2, 0.25) is 5.91 Å². The Balaban J connectivity index is 2.12. The monoisotopic (exact) mass is 227 g/mol. The molecule has 0 spiro atoms. The Morgan fingerprint density at radius 2 is 2.00 bits per heavy atom. The van der Waals surface area contributed by atoms with Gasteiger partial charge in [0.05, 0.1) is 19.1 Å². The summed E-state index contributed by atoms with van der Waals surface area (Å²) in [6.45, 7) is 6.43. The summed E-state index contributed by atoms with van der Waals surface area (Å²) in [6.07, 6.45) is 6.94. The molecule has 1 fully saturated rings. The molecular formula is C13H25NO2. The minimum Gasteiger partial charge on any atom is -0.378 e. The van der Waals surface area contributed by atoms with Crippen LogP contribution in [-0.4, -0.2) is 36.6 Å². The molecule has 3 nitrogen and oxygen atoms in total. The Labute approximate surface area is 99.1 Å². The summed E-state index contributed by atoms with van der Waals surface area (Å²) in [5, 5.41) is 0. The van der Waals surface area contributed by atoms with Crippen LogP contribution in [0.15, 0.2) is 0 Å². The Hall–Kier alpha value is -0.570. The van der Waals surface area contributed by atoms with Gasteiger partial charge in [0.1, 0.15) is 0 Å². The highest BCUT2D eigenvalue weighted by molar-refractivity contribution is 5.76. The van der Waals surface area contributed by atoms with Crippen LogP contribution in [0.2, 0.25) is 0 Å². The van der Waals surface area contributed by atoms with Crippen LogP contribution < -0.4 is 0 Å². The molecule has 0 atom stereocenters. The van der Waals surface area contributed by atoms with Crippen molar-refractivity contribution in [1.82, 2.24) is 4.90 Å². The van der Waals surface area contributed by atoms with Crippen molar-refractivity contribution in [3.05, 3.63) is 0 Å². The number of hydrogen-bond donors (Lipinski definition) is 0. The van der Waals surface area contributed by atoms with Crippen LogP contribution in [0.3, 0.4) is 0 Å². The minimum absolute atomic E-state index is 0.238. The van der Waals surface area contributed by atoms with Crippen LogP contribution in [0.25, 0.3) is 0 Å². The lowest BCUT2D eigenvalue weighted by Crippen LogP contribution is -2.32. The van der Waals surface area contributed by atoms with E-state index in [-0.39, 0.29) is 5.91 Å². The van der Waals surface area contributed by atoms with Crippen molar-refractivity contribution in [1.29, 1.82) is 0 Å². The number of amides is 1. The Morgan fingerprint density at radius 3 is 2.56 bits per heavy atom. The van der Waals surface area contributed by atoms with Crippen LogP contribution in [0.5, 0.6) is 0 Å². The number of hydrogen-bond acceptors (Lipinski definition) is 2. The zero-order chi connectivity index (χ0) is 11.8. The fourth-order valence-corrected chi connectivity index (χ4v) is 2.26. The van der Waals surface area contributed by atoms with Gasteiger partial charge < -0.3 is 9.64 Å². The molecule has 0 heterocycles. The molecule has 0 aromatic carbocycles. The highest BCUT2D eigenvalue weighted by Crippen LogP contribution is 2.20. The van der Waals surface area contributed by atoms with Crippen molar-refractivity contribution in [3.63, 3.8) is 0 Å².